The highest BCUT2D eigenvalue weighted by Crippen LogP contribution is 2.26. The van der Waals surface area contributed by atoms with Gasteiger partial charge in [-0.2, -0.15) is 5.26 Å². The molecule has 1 saturated heterocycles. The van der Waals surface area contributed by atoms with Gasteiger partial charge in [-0.15, -0.1) is 0 Å². The summed E-state index contributed by atoms with van der Waals surface area (Å²) in [6, 6.07) is 12.2. The molecule has 1 aliphatic heterocycles. The molecule has 0 amide bonds. The molecule has 3 rings (SSSR count). The van der Waals surface area contributed by atoms with Crippen LogP contribution < -0.4 is 10.6 Å². The minimum atomic E-state index is 0.404. The second kappa shape index (κ2) is 5.17. The maximum Gasteiger partial charge on any atom is 0.133 e. The second-order valence-corrected chi connectivity index (χ2v) is 4.68. The third-order valence-corrected chi connectivity index (χ3v) is 3.37. The maximum atomic E-state index is 9.28. The molecule has 4 nitrogen and oxygen atoms in total. The predicted molar refractivity (Wildman–Crippen MR) is 73.8 cm³/mol. The number of rotatable bonds is 3. The van der Waals surface area contributed by atoms with E-state index in [1.165, 1.54) is 0 Å². The number of hydrogen-bond donors (Lipinski definition) is 2. The van der Waals surface area contributed by atoms with Crippen molar-refractivity contribution in [1.82, 2.24) is 5.32 Å². The number of nitrogens with zero attached hydrogens (tertiary/aromatic N) is 1. The summed E-state index contributed by atoms with van der Waals surface area (Å²) in [5, 5.41) is 16.0. The molecule has 0 saturated carbocycles. The van der Waals surface area contributed by atoms with Crippen LogP contribution in [0.15, 0.2) is 41.0 Å². The molecule has 1 aromatic heterocycles. The topological polar surface area (TPSA) is 61.0 Å². The molecule has 19 heavy (non-hydrogen) atoms. The van der Waals surface area contributed by atoms with Crippen molar-refractivity contribution in [2.24, 2.45) is 0 Å². The number of hydrogen-bond acceptors (Lipinski definition) is 4. The molecular formula is C15H15N3O. The van der Waals surface area contributed by atoms with Crippen molar-refractivity contribution in [3.8, 4) is 17.4 Å². The zero-order valence-corrected chi connectivity index (χ0v) is 10.5. The van der Waals surface area contributed by atoms with Gasteiger partial charge < -0.3 is 15.1 Å². The van der Waals surface area contributed by atoms with Crippen LogP contribution >= 0.6 is 0 Å². The zero-order valence-electron chi connectivity index (χ0n) is 10.5. The Labute approximate surface area is 112 Å². The van der Waals surface area contributed by atoms with Gasteiger partial charge in [0, 0.05) is 18.2 Å². The monoisotopic (exact) mass is 253 g/mol. The molecule has 1 unspecified atom stereocenters. The third kappa shape index (κ3) is 2.47. The average Bonchev–Trinajstić information content (AvgIpc) is 3.12. The van der Waals surface area contributed by atoms with E-state index in [9.17, 15) is 5.26 Å². The van der Waals surface area contributed by atoms with E-state index in [-0.39, 0.29) is 0 Å². The maximum absolute atomic E-state index is 9.28. The van der Waals surface area contributed by atoms with Gasteiger partial charge in [0.05, 0.1) is 17.5 Å². The lowest BCUT2D eigenvalue weighted by Crippen LogP contribution is -2.22. The lowest BCUT2D eigenvalue weighted by Gasteiger charge is -2.14. The number of benzene rings is 1. The van der Waals surface area contributed by atoms with E-state index >= 15 is 0 Å². The predicted octanol–water partition coefficient (Wildman–Crippen LogP) is 2.59. The molecule has 96 valence electrons. The molecular weight excluding hydrogens is 238 g/mol. The smallest absolute Gasteiger partial charge is 0.133 e. The summed E-state index contributed by atoms with van der Waals surface area (Å²) in [5.41, 5.74) is 2.48. The zero-order chi connectivity index (χ0) is 13.1. The van der Waals surface area contributed by atoms with Crippen molar-refractivity contribution >= 4 is 5.69 Å². The van der Waals surface area contributed by atoms with E-state index in [0.29, 0.717) is 11.6 Å². The molecule has 0 aliphatic carbocycles. The fourth-order valence-electron chi connectivity index (χ4n) is 2.36. The van der Waals surface area contributed by atoms with Crippen LogP contribution in [-0.4, -0.2) is 19.1 Å². The van der Waals surface area contributed by atoms with E-state index in [4.69, 9.17) is 4.42 Å². The largest absolute Gasteiger partial charge is 0.464 e. The first-order chi connectivity index (χ1) is 9.36. The van der Waals surface area contributed by atoms with Crippen LogP contribution in [0.5, 0.6) is 0 Å². The SMILES string of the molecule is N#Cc1cc(-c2ccco2)ccc1NC1CCNC1. The van der Waals surface area contributed by atoms with Crippen LogP contribution in [-0.2, 0) is 0 Å². The lowest BCUT2D eigenvalue weighted by molar-refractivity contribution is 0.582. The molecule has 2 aromatic rings. The first kappa shape index (κ1) is 11.8. The van der Waals surface area contributed by atoms with Gasteiger partial charge in [0.25, 0.3) is 0 Å². The average molecular weight is 253 g/mol. The van der Waals surface area contributed by atoms with Crippen LogP contribution in [0, 0.1) is 11.3 Å². The van der Waals surface area contributed by atoms with Crippen LogP contribution in [0.4, 0.5) is 5.69 Å². The van der Waals surface area contributed by atoms with Gasteiger partial charge in [-0.25, -0.2) is 0 Å². The van der Waals surface area contributed by atoms with Crippen molar-refractivity contribution in [1.29, 1.82) is 5.26 Å². The summed E-state index contributed by atoms with van der Waals surface area (Å²) in [5.74, 6) is 0.783. The molecule has 1 aliphatic rings. The van der Waals surface area contributed by atoms with Crippen LogP contribution in [0.25, 0.3) is 11.3 Å². The van der Waals surface area contributed by atoms with Crippen molar-refractivity contribution in [2.45, 2.75) is 12.5 Å². The first-order valence-electron chi connectivity index (χ1n) is 6.42. The van der Waals surface area contributed by atoms with Gasteiger partial charge in [0.15, 0.2) is 0 Å². The number of furan rings is 1. The number of nitrogens with one attached hydrogen (secondary N) is 2. The molecule has 0 bridgehead atoms. The highest BCUT2D eigenvalue weighted by atomic mass is 16.3. The minimum absolute atomic E-state index is 0.404. The highest BCUT2D eigenvalue weighted by molar-refractivity contribution is 5.68. The van der Waals surface area contributed by atoms with E-state index in [0.717, 1.165) is 36.5 Å². The number of anilines is 1. The quantitative estimate of drug-likeness (QED) is 0.882. The molecule has 0 radical (unpaired) electrons. The molecule has 2 N–H and O–H groups in total. The Morgan fingerprint density at radius 2 is 2.32 bits per heavy atom. The highest BCUT2D eigenvalue weighted by Gasteiger charge is 2.15. The Bertz CT molecular complexity index is 592. The first-order valence-corrected chi connectivity index (χ1v) is 6.42. The summed E-state index contributed by atoms with van der Waals surface area (Å²) in [6.45, 7) is 1.98. The fraction of sp³-hybridized carbons (Fsp3) is 0.267. The Kier molecular flexibility index (Phi) is 3.21. The van der Waals surface area contributed by atoms with Gasteiger partial charge in [-0.3, -0.25) is 0 Å². The molecule has 1 atom stereocenters. The Morgan fingerprint density at radius 3 is 3.00 bits per heavy atom. The molecule has 1 aromatic carbocycles. The van der Waals surface area contributed by atoms with Crippen molar-refractivity contribution in [3.05, 3.63) is 42.2 Å². The van der Waals surface area contributed by atoms with E-state index < -0.39 is 0 Å². The van der Waals surface area contributed by atoms with Crippen molar-refractivity contribution < 1.29 is 4.42 Å². The Hall–Kier alpha value is -2.25. The van der Waals surface area contributed by atoms with Crippen molar-refractivity contribution in [3.63, 3.8) is 0 Å². The summed E-state index contributed by atoms with van der Waals surface area (Å²) in [4.78, 5) is 0. The molecule has 0 spiro atoms. The molecule has 4 heteroatoms. The normalized spacial score (nSPS) is 18.2. The standard InChI is InChI=1S/C15H15N3O/c16-9-12-8-11(15-2-1-7-19-15)3-4-14(12)18-13-5-6-17-10-13/h1-4,7-8,13,17-18H,5-6,10H2. The Balaban J connectivity index is 1.87. The van der Waals surface area contributed by atoms with Crippen LogP contribution in [0.3, 0.4) is 0 Å². The van der Waals surface area contributed by atoms with Crippen LogP contribution in [0.2, 0.25) is 0 Å². The van der Waals surface area contributed by atoms with E-state index in [1.807, 2.05) is 30.3 Å². The van der Waals surface area contributed by atoms with Gasteiger partial charge in [0.2, 0.25) is 0 Å². The van der Waals surface area contributed by atoms with E-state index in [2.05, 4.69) is 16.7 Å². The summed E-state index contributed by atoms with van der Waals surface area (Å²) in [7, 11) is 0. The molecule has 1 fully saturated rings. The summed E-state index contributed by atoms with van der Waals surface area (Å²) >= 11 is 0. The van der Waals surface area contributed by atoms with Crippen LogP contribution in [0.1, 0.15) is 12.0 Å². The molecule has 2 heterocycles. The summed E-state index contributed by atoms with van der Waals surface area (Å²) < 4.78 is 5.35. The summed E-state index contributed by atoms with van der Waals surface area (Å²) in [6.07, 6.45) is 2.72. The fourth-order valence-corrected chi connectivity index (χ4v) is 2.36. The van der Waals surface area contributed by atoms with Gasteiger partial charge >= 0.3 is 0 Å². The van der Waals surface area contributed by atoms with Gasteiger partial charge in [-0.05, 0) is 43.3 Å². The van der Waals surface area contributed by atoms with E-state index in [1.54, 1.807) is 6.26 Å². The van der Waals surface area contributed by atoms with Gasteiger partial charge in [-0.1, -0.05) is 0 Å². The minimum Gasteiger partial charge on any atom is -0.464 e. The second-order valence-electron chi connectivity index (χ2n) is 4.68. The van der Waals surface area contributed by atoms with Crippen molar-refractivity contribution in [2.75, 3.05) is 18.4 Å². The Morgan fingerprint density at radius 1 is 1.37 bits per heavy atom. The van der Waals surface area contributed by atoms with Gasteiger partial charge in [0.1, 0.15) is 11.8 Å². The third-order valence-electron chi connectivity index (χ3n) is 3.37. The lowest BCUT2D eigenvalue weighted by atomic mass is 10.1. The number of nitriles is 1.